The third kappa shape index (κ3) is 627. The summed E-state index contributed by atoms with van der Waals surface area (Å²) in [7, 11) is -3.13. The molecule has 0 aliphatic heterocycles. The molecule has 0 spiro atoms. The second kappa shape index (κ2) is 74.6. The van der Waals surface area contributed by atoms with Crippen LogP contribution in [0.15, 0.2) is 0 Å². The van der Waals surface area contributed by atoms with Crippen molar-refractivity contribution in [1.82, 2.24) is 0 Å². The van der Waals surface area contributed by atoms with E-state index >= 15 is 0 Å². The standard InChI is InChI=1S/C4H12N2O.5C2H6O.H2O3Si/c5-3-4(6)1-2-7;5*1-2-3;1-4(2)3/h4,7H,1-3,5-6H2;5*3H,2H2,1H3;1-2H. The monoisotopic (exact) mass is 412 g/mol. The van der Waals surface area contributed by atoms with E-state index < -0.39 is 9.17 Å². The van der Waals surface area contributed by atoms with E-state index in [2.05, 4.69) is 0 Å². The highest BCUT2D eigenvalue weighted by Crippen LogP contribution is 1.79. The summed E-state index contributed by atoms with van der Waals surface area (Å²) in [6.45, 7) is 10.2. The predicted molar refractivity (Wildman–Crippen MR) is 103 cm³/mol. The number of rotatable bonds is 3. The summed E-state index contributed by atoms with van der Waals surface area (Å²) in [5.74, 6) is 0. The summed E-state index contributed by atoms with van der Waals surface area (Å²) in [6, 6.07) is -0.0231. The first-order valence-corrected chi connectivity index (χ1v) is 9.44. The Morgan fingerprint density at radius 2 is 0.885 bits per heavy atom. The Labute approximate surface area is 159 Å². The molecular formula is C14H44N2O9Si. The van der Waals surface area contributed by atoms with Crippen LogP contribution < -0.4 is 11.5 Å². The van der Waals surface area contributed by atoms with Crippen molar-refractivity contribution in [2.24, 2.45) is 11.5 Å². The van der Waals surface area contributed by atoms with Crippen LogP contribution in [0.25, 0.3) is 0 Å². The van der Waals surface area contributed by atoms with Crippen LogP contribution in [-0.4, -0.2) is 102 Å². The molecular weight excluding hydrogens is 368 g/mol. The molecule has 26 heavy (non-hydrogen) atoms. The van der Waals surface area contributed by atoms with Crippen molar-refractivity contribution in [2.75, 3.05) is 46.2 Å². The molecule has 0 heterocycles. The topological polar surface area (TPSA) is 231 Å². The van der Waals surface area contributed by atoms with E-state index in [1.54, 1.807) is 34.6 Å². The summed E-state index contributed by atoms with van der Waals surface area (Å²) in [6.07, 6.45) is 0.608. The fourth-order valence-electron chi connectivity index (χ4n) is 0.284. The van der Waals surface area contributed by atoms with Gasteiger partial charge in [0.25, 0.3) is 0 Å². The predicted octanol–water partition coefficient (Wildman–Crippen LogP) is -2.97. The van der Waals surface area contributed by atoms with Gasteiger partial charge in [0.1, 0.15) is 0 Å². The van der Waals surface area contributed by atoms with E-state index in [4.69, 9.17) is 56.2 Å². The van der Waals surface area contributed by atoms with Crippen molar-refractivity contribution >= 4 is 9.17 Å². The molecule has 12 N–H and O–H groups in total. The molecule has 0 amide bonds. The number of aliphatic hydroxyl groups is 6. The average Bonchev–Trinajstić information content (AvgIpc) is 2.51. The maximum absolute atomic E-state index is 8.74. The van der Waals surface area contributed by atoms with Crippen LogP contribution >= 0.6 is 0 Å². The molecule has 11 nitrogen and oxygen atoms in total. The molecule has 0 aliphatic rings. The molecule has 0 aromatic rings. The normalized spacial score (nSPS) is 8.19. The molecule has 0 rings (SSSR count). The molecule has 168 valence electrons. The van der Waals surface area contributed by atoms with Crippen molar-refractivity contribution in [3.63, 3.8) is 0 Å². The zero-order valence-electron chi connectivity index (χ0n) is 16.9. The van der Waals surface area contributed by atoms with E-state index in [1.807, 2.05) is 0 Å². The number of hydrogen-bond acceptors (Lipinski definition) is 9. The molecule has 0 fully saturated rings. The Bertz CT molecular complexity index is 158. The summed E-state index contributed by atoms with van der Waals surface area (Å²) in [5, 5.41) is 46.1. The number of hydrogen-bond donors (Lipinski definition) is 10. The highest BCUT2D eigenvalue weighted by molar-refractivity contribution is 6.22. The Morgan fingerprint density at radius 3 is 0.923 bits per heavy atom. The van der Waals surface area contributed by atoms with E-state index in [-0.39, 0.29) is 45.7 Å². The van der Waals surface area contributed by atoms with Gasteiger partial charge in [0.2, 0.25) is 0 Å². The molecule has 0 saturated carbocycles. The van der Waals surface area contributed by atoms with Gasteiger partial charge in [-0.3, -0.25) is 4.46 Å². The van der Waals surface area contributed by atoms with Crippen LogP contribution in [0.5, 0.6) is 0 Å². The third-order valence-electron chi connectivity index (χ3n) is 0.803. The van der Waals surface area contributed by atoms with Crippen molar-refractivity contribution in [3.8, 4) is 0 Å². The van der Waals surface area contributed by atoms with Gasteiger partial charge in [-0.2, -0.15) is 0 Å². The third-order valence-corrected chi connectivity index (χ3v) is 0.803. The largest absolute Gasteiger partial charge is 0.761 e. The first-order chi connectivity index (χ1) is 12.1. The highest BCUT2D eigenvalue weighted by Gasteiger charge is 1.93. The van der Waals surface area contributed by atoms with Crippen LogP contribution in [-0.2, 0) is 4.46 Å². The van der Waals surface area contributed by atoms with E-state index in [1.165, 1.54) is 0 Å². The van der Waals surface area contributed by atoms with Crippen molar-refractivity contribution in [2.45, 2.75) is 47.1 Å². The lowest BCUT2D eigenvalue weighted by molar-refractivity contribution is 0.277. The average molecular weight is 413 g/mol. The molecule has 0 radical (unpaired) electrons. The second-order valence-electron chi connectivity index (χ2n) is 3.37. The van der Waals surface area contributed by atoms with Gasteiger partial charge in [-0.15, -0.1) is 0 Å². The Morgan fingerprint density at radius 1 is 0.731 bits per heavy atom. The minimum Gasteiger partial charge on any atom is -0.511 e. The quantitative estimate of drug-likeness (QED) is 0.210. The van der Waals surface area contributed by atoms with E-state index in [9.17, 15) is 0 Å². The maximum Gasteiger partial charge on any atom is 0.761 e. The first kappa shape index (κ1) is 44.6. The molecule has 1 atom stereocenters. The minimum atomic E-state index is -3.13. The number of nitrogens with two attached hydrogens (primary N) is 2. The van der Waals surface area contributed by atoms with E-state index in [0.717, 1.165) is 0 Å². The van der Waals surface area contributed by atoms with Crippen LogP contribution in [0.1, 0.15) is 41.0 Å². The maximum atomic E-state index is 8.74. The van der Waals surface area contributed by atoms with Gasteiger partial charge in [-0.1, -0.05) is 0 Å². The summed E-state index contributed by atoms with van der Waals surface area (Å²) < 4.78 is 8.74. The van der Waals surface area contributed by atoms with Crippen LogP contribution in [0.2, 0.25) is 0 Å². The lowest BCUT2D eigenvalue weighted by atomic mass is 10.2. The SMILES string of the molecule is CCO.CCO.CCO.CCO.CCO.NCC(N)CCO.O=[Si](O)O. The van der Waals surface area contributed by atoms with Crippen molar-refractivity contribution in [3.05, 3.63) is 0 Å². The fourth-order valence-corrected chi connectivity index (χ4v) is 0.284. The zero-order chi connectivity index (χ0) is 22.8. The van der Waals surface area contributed by atoms with Gasteiger partial charge >= 0.3 is 9.17 Å². The second-order valence-corrected chi connectivity index (χ2v) is 3.94. The molecule has 0 bridgehead atoms. The molecule has 0 saturated heterocycles. The van der Waals surface area contributed by atoms with Gasteiger partial charge in [-0.05, 0) is 41.0 Å². The van der Waals surface area contributed by atoms with Gasteiger partial charge in [-0.25, -0.2) is 0 Å². The molecule has 1 unspecified atom stereocenters. The summed E-state index contributed by atoms with van der Waals surface area (Å²) >= 11 is 0. The Kier molecular flexibility index (Phi) is 128. The fraction of sp³-hybridized carbons (Fsp3) is 1.00. The highest BCUT2D eigenvalue weighted by atomic mass is 28.3. The smallest absolute Gasteiger partial charge is 0.511 e. The Hall–Kier alpha value is -0.703. The molecule has 0 aliphatic carbocycles. The zero-order valence-corrected chi connectivity index (χ0v) is 17.9. The van der Waals surface area contributed by atoms with E-state index in [0.29, 0.717) is 13.0 Å². The molecule has 0 aromatic carbocycles. The minimum absolute atomic E-state index is 0.0231. The van der Waals surface area contributed by atoms with Gasteiger partial charge < -0.3 is 51.7 Å². The summed E-state index contributed by atoms with van der Waals surface area (Å²) in [4.78, 5) is 14.3. The Balaban J connectivity index is -0.0000000337. The van der Waals surface area contributed by atoms with Crippen molar-refractivity contribution < 1.29 is 44.7 Å². The molecule has 12 heteroatoms. The van der Waals surface area contributed by atoms with Crippen LogP contribution in [0.3, 0.4) is 0 Å². The van der Waals surface area contributed by atoms with Gasteiger partial charge in [0.15, 0.2) is 0 Å². The first-order valence-electron chi connectivity index (χ1n) is 8.14. The number of aliphatic hydroxyl groups excluding tert-OH is 6. The van der Waals surface area contributed by atoms with Gasteiger partial charge in [0, 0.05) is 52.2 Å². The lowest BCUT2D eigenvalue weighted by Gasteiger charge is -2.02. The van der Waals surface area contributed by atoms with Crippen molar-refractivity contribution in [1.29, 1.82) is 0 Å². The molecule has 0 aromatic heterocycles. The van der Waals surface area contributed by atoms with Gasteiger partial charge in [0.05, 0.1) is 0 Å². The van der Waals surface area contributed by atoms with Crippen LogP contribution in [0, 0.1) is 0 Å². The van der Waals surface area contributed by atoms with Crippen LogP contribution in [0.4, 0.5) is 0 Å². The lowest BCUT2D eigenvalue weighted by Crippen LogP contribution is -2.30. The summed E-state index contributed by atoms with van der Waals surface area (Å²) in [5.41, 5.74) is 10.4.